The molecular formula is C13H22N2O2. The Hall–Kier alpha value is -0.610. The maximum absolute atomic E-state index is 12.1. The maximum Gasteiger partial charge on any atom is 0.222 e. The van der Waals surface area contributed by atoms with Gasteiger partial charge in [0.1, 0.15) is 0 Å². The standard InChI is InChI=1S/C13H22N2O2/c16-13(4-3-11-2-1-7-17-11)15-8-10-5-6-14-12(10)9-15/h10-12,14H,1-9H2/t10-,11?,12+/m0/s1. The van der Waals surface area contributed by atoms with Crippen molar-refractivity contribution in [1.29, 1.82) is 0 Å². The number of ether oxygens (including phenoxy) is 1. The van der Waals surface area contributed by atoms with E-state index in [-0.39, 0.29) is 0 Å². The molecule has 4 heteroatoms. The van der Waals surface area contributed by atoms with Gasteiger partial charge in [-0.25, -0.2) is 0 Å². The first-order valence-corrected chi connectivity index (χ1v) is 6.95. The molecule has 1 unspecified atom stereocenters. The lowest BCUT2D eigenvalue weighted by Gasteiger charge is -2.18. The molecular weight excluding hydrogens is 216 g/mol. The molecule has 96 valence electrons. The Morgan fingerprint density at radius 2 is 2.29 bits per heavy atom. The number of nitrogens with zero attached hydrogens (tertiary/aromatic N) is 1. The van der Waals surface area contributed by atoms with Gasteiger partial charge >= 0.3 is 0 Å². The SMILES string of the molecule is O=C(CCC1CCCO1)N1C[C@@H]2CCN[C@@H]2C1. The van der Waals surface area contributed by atoms with Gasteiger partial charge in [0.25, 0.3) is 0 Å². The van der Waals surface area contributed by atoms with Gasteiger partial charge in [-0.2, -0.15) is 0 Å². The molecule has 0 radical (unpaired) electrons. The highest BCUT2D eigenvalue weighted by atomic mass is 16.5. The Kier molecular flexibility index (Phi) is 3.34. The van der Waals surface area contributed by atoms with Crippen molar-refractivity contribution in [1.82, 2.24) is 10.2 Å². The average Bonchev–Trinajstić information content (AvgIpc) is 3.01. The number of carbonyl (C=O) groups is 1. The summed E-state index contributed by atoms with van der Waals surface area (Å²) in [7, 11) is 0. The zero-order valence-electron chi connectivity index (χ0n) is 10.4. The van der Waals surface area contributed by atoms with Gasteiger partial charge in [-0.1, -0.05) is 0 Å². The molecule has 3 rings (SSSR count). The molecule has 0 bridgehead atoms. The predicted molar refractivity (Wildman–Crippen MR) is 64.7 cm³/mol. The Labute approximate surface area is 103 Å². The third-order valence-corrected chi connectivity index (χ3v) is 4.42. The van der Waals surface area contributed by atoms with Crippen LogP contribution in [0.15, 0.2) is 0 Å². The Morgan fingerprint density at radius 3 is 3.06 bits per heavy atom. The number of nitrogens with one attached hydrogen (secondary N) is 1. The van der Waals surface area contributed by atoms with Crippen LogP contribution in [-0.2, 0) is 9.53 Å². The summed E-state index contributed by atoms with van der Waals surface area (Å²) >= 11 is 0. The van der Waals surface area contributed by atoms with Crippen LogP contribution >= 0.6 is 0 Å². The van der Waals surface area contributed by atoms with Crippen LogP contribution in [0.3, 0.4) is 0 Å². The van der Waals surface area contributed by atoms with Crippen LogP contribution in [0.2, 0.25) is 0 Å². The number of amides is 1. The molecule has 0 aromatic rings. The number of rotatable bonds is 3. The Morgan fingerprint density at radius 1 is 1.35 bits per heavy atom. The molecule has 1 amide bonds. The van der Waals surface area contributed by atoms with E-state index in [1.54, 1.807) is 0 Å². The predicted octanol–water partition coefficient (Wildman–Crippen LogP) is 0.766. The minimum atomic E-state index is 0.330. The number of carbonyl (C=O) groups excluding carboxylic acids is 1. The van der Waals surface area contributed by atoms with E-state index in [1.165, 1.54) is 6.42 Å². The van der Waals surface area contributed by atoms with Gasteiger partial charge in [-0.3, -0.25) is 4.79 Å². The molecule has 0 aliphatic carbocycles. The van der Waals surface area contributed by atoms with Crippen LogP contribution in [0.5, 0.6) is 0 Å². The van der Waals surface area contributed by atoms with Crippen LogP contribution in [0, 0.1) is 5.92 Å². The lowest BCUT2D eigenvalue weighted by Crippen LogP contribution is -2.34. The van der Waals surface area contributed by atoms with E-state index < -0.39 is 0 Å². The fourth-order valence-electron chi connectivity index (χ4n) is 3.37. The van der Waals surface area contributed by atoms with E-state index >= 15 is 0 Å². The van der Waals surface area contributed by atoms with E-state index in [0.29, 0.717) is 30.4 Å². The van der Waals surface area contributed by atoms with Crippen LogP contribution in [-0.4, -0.2) is 49.2 Å². The molecule has 3 saturated heterocycles. The number of hydrogen-bond acceptors (Lipinski definition) is 3. The molecule has 0 spiro atoms. The van der Waals surface area contributed by atoms with Crippen molar-refractivity contribution in [3.63, 3.8) is 0 Å². The molecule has 3 aliphatic rings. The normalized spacial score (nSPS) is 36.5. The summed E-state index contributed by atoms with van der Waals surface area (Å²) in [5.41, 5.74) is 0. The number of hydrogen-bond donors (Lipinski definition) is 1. The van der Waals surface area contributed by atoms with Crippen LogP contribution in [0.25, 0.3) is 0 Å². The fourth-order valence-corrected chi connectivity index (χ4v) is 3.37. The van der Waals surface area contributed by atoms with Crippen molar-refractivity contribution >= 4 is 5.91 Å². The average molecular weight is 238 g/mol. The van der Waals surface area contributed by atoms with Crippen molar-refractivity contribution in [2.45, 2.75) is 44.2 Å². The lowest BCUT2D eigenvalue weighted by molar-refractivity contribution is -0.131. The van der Waals surface area contributed by atoms with Gasteiger partial charge in [-0.15, -0.1) is 0 Å². The first-order valence-electron chi connectivity index (χ1n) is 6.95. The summed E-state index contributed by atoms with van der Waals surface area (Å²) < 4.78 is 5.56. The summed E-state index contributed by atoms with van der Waals surface area (Å²) in [5.74, 6) is 1.04. The van der Waals surface area contributed by atoms with Crippen molar-refractivity contribution < 1.29 is 9.53 Å². The van der Waals surface area contributed by atoms with Crippen LogP contribution in [0.1, 0.15) is 32.1 Å². The summed E-state index contributed by atoms with van der Waals surface area (Å²) in [6.07, 6.45) is 5.47. The maximum atomic E-state index is 12.1. The van der Waals surface area contributed by atoms with Gasteiger partial charge < -0.3 is 15.0 Å². The summed E-state index contributed by atoms with van der Waals surface area (Å²) in [6, 6.07) is 0.571. The second kappa shape index (κ2) is 4.94. The molecule has 4 nitrogen and oxygen atoms in total. The van der Waals surface area contributed by atoms with Gasteiger partial charge in [-0.05, 0) is 38.1 Å². The number of likely N-dealkylation sites (tertiary alicyclic amines) is 1. The highest BCUT2D eigenvalue weighted by Gasteiger charge is 2.37. The zero-order valence-corrected chi connectivity index (χ0v) is 10.4. The first kappa shape index (κ1) is 11.5. The molecule has 0 saturated carbocycles. The molecule has 3 atom stereocenters. The monoisotopic (exact) mass is 238 g/mol. The zero-order chi connectivity index (χ0) is 11.7. The van der Waals surface area contributed by atoms with E-state index in [2.05, 4.69) is 10.2 Å². The molecule has 3 fully saturated rings. The second-order valence-electron chi connectivity index (χ2n) is 5.58. The van der Waals surface area contributed by atoms with Crippen molar-refractivity contribution in [3.8, 4) is 0 Å². The van der Waals surface area contributed by atoms with E-state index in [9.17, 15) is 4.79 Å². The van der Waals surface area contributed by atoms with Gasteiger partial charge in [0.05, 0.1) is 6.10 Å². The first-order chi connectivity index (χ1) is 8.33. The minimum absolute atomic E-state index is 0.330. The molecule has 0 aromatic heterocycles. The van der Waals surface area contributed by atoms with Crippen molar-refractivity contribution in [2.75, 3.05) is 26.2 Å². The smallest absolute Gasteiger partial charge is 0.222 e. The van der Waals surface area contributed by atoms with E-state index in [0.717, 1.165) is 45.5 Å². The van der Waals surface area contributed by atoms with Gasteiger partial charge in [0, 0.05) is 32.2 Å². The van der Waals surface area contributed by atoms with Crippen molar-refractivity contribution in [2.24, 2.45) is 5.92 Å². The van der Waals surface area contributed by atoms with Crippen molar-refractivity contribution in [3.05, 3.63) is 0 Å². The summed E-state index contributed by atoms with van der Waals surface area (Å²) in [6.45, 7) is 3.92. The number of fused-ring (bicyclic) bond motifs is 1. The van der Waals surface area contributed by atoms with Gasteiger partial charge in [0.2, 0.25) is 5.91 Å². The highest BCUT2D eigenvalue weighted by molar-refractivity contribution is 5.76. The second-order valence-corrected chi connectivity index (χ2v) is 5.58. The minimum Gasteiger partial charge on any atom is -0.378 e. The van der Waals surface area contributed by atoms with E-state index in [1.807, 2.05) is 0 Å². The molecule has 17 heavy (non-hydrogen) atoms. The van der Waals surface area contributed by atoms with Crippen LogP contribution < -0.4 is 5.32 Å². The summed E-state index contributed by atoms with van der Waals surface area (Å²) in [5, 5.41) is 3.48. The van der Waals surface area contributed by atoms with Crippen LogP contribution in [0.4, 0.5) is 0 Å². The molecule has 0 aromatic carbocycles. The molecule has 3 aliphatic heterocycles. The fraction of sp³-hybridized carbons (Fsp3) is 0.923. The Bertz CT molecular complexity index is 277. The third-order valence-electron chi connectivity index (χ3n) is 4.42. The third kappa shape index (κ3) is 2.47. The lowest BCUT2D eigenvalue weighted by atomic mass is 10.1. The topological polar surface area (TPSA) is 41.6 Å². The highest BCUT2D eigenvalue weighted by Crippen LogP contribution is 2.25. The van der Waals surface area contributed by atoms with E-state index in [4.69, 9.17) is 4.74 Å². The quantitative estimate of drug-likeness (QED) is 0.789. The molecule has 3 heterocycles. The summed E-state index contributed by atoms with van der Waals surface area (Å²) in [4.78, 5) is 14.1. The molecule has 1 N–H and O–H groups in total. The van der Waals surface area contributed by atoms with Gasteiger partial charge in [0.15, 0.2) is 0 Å². The largest absolute Gasteiger partial charge is 0.378 e. The Balaban J connectivity index is 1.43.